The van der Waals surface area contributed by atoms with Crippen molar-refractivity contribution in [3.8, 4) is 0 Å². The van der Waals surface area contributed by atoms with Crippen molar-refractivity contribution in [3.63, 3.8) is 0 Å². The highest BCUT2D eigenvalue weighted by molar-refractivity contribution is 4.57. The van der Waals surface area contributed by atoms with Crippen LogP contribution < -0.4 is 0 Å². The first-order chi connectivity index (χ1) is 4.22. The molecule has 0 bridgehead atoms. The Balaban J connectivity index is 3.32. The van der Waals surface area contributed by atoms with Gasteiger partial charge >= 0.3 is 0 Å². The van der Waals surface area contributed by atoms with Crippen LogP contribution in [0.25, 0.3) is 0 Å². The highest BCUT2D eigenvalue weighted by atomic mass is 16.6. The van der Waals surface area contributed by atoms with Gasteiger partial charge in [0.15, 0.2) is 6.79 Å². The van der Waals surface area contributed by atoms with Crippen LogP contribution >= 0.6 is 0 Å². The van der Waals surface area contributed by atoms with Crippen molar-refractivity contribution in [1.29, 1.82) is 0 Å². The Morgan fingerprint density at radius 2 is 2.00 bits per heavy atom. The van der Waals surface area contributed by atoms with E-state index in [1.54, 1.807) is 0 Å². The van der Waals surface area contributed by atoms with E-state index >= 15 is 0 Å². The number of hydrogen-bond donors (Lipinski definition) is 0. The van der Waals surface area contributed by atoms with Crippen LogP contribution in [0.5, 0.6) is 0 Å². The SMILES string of the molecule is CCC(C)C(C)OC[O]. The van der Waals surface area contributed by atoms with Gasteiger partial charge in [-0.3, -0.25) is 0 Å². The summed E-state index contributed by atoms with van der Waals surface area (Å²) >= 11 is 0. The predicted octanol–water partition coefficient (Wildman–Crippen LogP) is 1.83. The van der Waals surface area contributed by atoms with E-state index in [0.29, 0.717) is 5.92 Å². The minimum absolute atomic E-state index is 0.118. The standard InChI is InChI=1S/C7H15O2/c1-4-6(2)7(3)9-5-8/h6-7H,4-5H2,1-3H3. The molecule has 9 heavy (non-hydrogen) atoms. The molecule has 0 aliphatic heterocycles. The van der Waals surface area contributed by atoms with E-state index in [-0.39, 0.29) is 6.10 Å². The zero-order chi connectivity index (χ0) is 7.28. The maximum Gasteiger partial charge on any atom is 0.181 e. The van der Waals surface area contributed by atoms with Crippen LogP contribution in [0.4, 0.5) is 0 Å². The second kappa shape index (κ2) is 4.77. The molecule has 0 saturated carbocycles. The predicted molar refractivity (Wildman–Crippen MR) is 35.6 cm³/mol. The third-order valence-electron chi connectivity index (χ3n) is 1.78. The van der Waals surface area contributed by atoms with Crippen molar-refractivity contribution in [3.05, 3.63) is 0 Å². The van der Waals surface area contributed by atoms with E-state index in [4.69, 9.17) is 4.74 Å². The first kappa shape index (κ1) is 8.92. The van der Waals surface area contributed by atoms with Gasteiger partial charge in [-0.15, -0.1) is 0 Å². The van der Waals surface area contributed by atoms with Crippen molar-refractivity contribution in [2.75, 3.05) is 6.79 Å². The van der Waals surface area contributed by atoms with Gasteiger partial charge in [0.25, 0.3) is 0 Å². The molecule has 0 saturated heterocycles. The molecule has 0 aromatic carbocycles. The smallest absolute Gasteiger partial charge is 0.181 e. The van der Waals surface area contributed by atoms with Gasteiger partial charge in [-0.25, -0.2) is 5.11 Å². The van der Waals surface area contributed by atoms with Crippen LogP contribution in [0, 0.1) is 5.92 Å². The molecule has 2 atom stereocenters. The van der Waals surface area contributed by atoms with E-state index in [1.807, 2.05) is 6.92 Å². The van der Waals surface area contributed by atoms with E-state index in [0.717, 1.165) is 6.42 Å². The molecule has 1 radical (unpaired) electrons. The van der Waals surface area contributed by atoms with Crippen LogP contribution in [0.2, 0.25) is 0 Å². The van der Waals surface area contributed by atoms with Gasteiger partial charge in [-0.05, 0) is 12.8 Å². The first-order valence-corrected chi connectivity index (χ1v) is 3.42. The summed E-state index contributed by atoms with van der Waals surface area (Å²) < 4.78 is 4.84. The molecule has 0 aromatic heterocycles. The molecule has 0 aromatic rings. The fourth-order valence-electron chi connectivity index (χ4n) is 0.604. The van der Waals surface area contributed by atoms with Gasteiger partial charge in [0, 0.05) is 0 Å². The summed E-state index contributed by atoms with van der Waals surface area (Å²) in [5, 5.41) is 9.94. The third-order valence-corrected chi connectivity index (χ3v) is 1.78. The van der Waals surface area contributed by atoms with E-state index < -0.39 is 6.79 Å². The second-order valence-electron chi connectivity index (χ2n) is 2.38. The van der Waals surface area contributed by atoms with Crippen molar-refractivity contribution < 1.29 is 9.84 Å². The lowest BCUT2D eigenvalue weighted by Gasteiger charge is -2.16. The molecule has 2 nitrogen and oxygen atoms in total. The summed E-state index contributed by atoms with van der Waals surface area (Å²) in [6.45, 7) is 5.70. The van der Waals surface area contributed by atoms with Crippen LogP contribution in [0.3, 0.4) is 0 Å². The summed E-state index contributed by atoms with van der Waals surface area (Å²) in [6, 6.07) is 0. The average molecular weight is 131 g/mol. The molecule has 0 aliphatic rings. The molecule has 0 aliphatic carbocycles. The third kappa shape index (κ3) is 3.49. The maximum absolute atomic E-state index is 9.94. The molecule has 0 spiro atoms. The van der Waals surface area contributed by atoms with Gasteiger partial charge in [0.2, 0.25) is 0 Å². The molecule has 0 N–H and O–H groups in total. The Morgan fingerprint density at radius 3 is 2.33 bits per heavy atom. The second-order valence-corrected chi connectivity index (χ2v) is 2.38. The van der Waals surface area contributed by atoms with E-state index in [1.165, 1.54) is 0 Å². The molecule has 2 heteroatoms. The quantitative estimate of drug-likeness (QED) is 0.535. The Kier molecular flexibility index (Phi) is 4.72. The fourth-order valence-corrected chi connectivity index (χ4v) is 0.604. The van der Waals surface area contributed by atoms with Gasteiger partial charge in [-0.2, -0.15) is 0 Å². The Labute approximate surface area is 56.8 Å². The van der Waals surface area contributed by atoms with Crippen LogP contribution in [0.15, 0.2) is 0 Å². The average Bonchev–Trinajstić information content (AvgIpc) is 1.87. The fraction of sp³-hybridized carbons (Fsp3) is 1.00. The van der Waals surface area contributed by atoms with Crippen molar-refractivity contribution in [1.82, 2.24) is 0 Å². The summed E-state index contributed by atoms with van der Waals surface area (Å²) in [6.07, 6.45) is 1.19. The van der Waals surface area contributed by atoms with Crippen molar-refractivity contribution >= 4 is 0 Å². The normalized spacial score (nSPS) is 17.3. The van der Waals surface area contributed by atoms with Crippen LogP contribution in [0.1, 0.15) is 27.2 Å². The molecular formula is C7H15O2. The van der Waals surface area contributed by atoms with Gasteiger partial charge in [-0.1, -0.05) is 20.3 Å². The van der Waals surface area contributed by atoms with Crippen molar-refractivity contribution in [2.24, 2.45) is 5.92 Å². The molecule has 0 rings (SSSR count). The lowest BCUT2D eigenvalue weighted by atomic mass is 10.0. The monoisotopic (exact) mass is 131 g/mol. The zero-order valence-electron chi connectivity index (χ0n) is 6.39. The zero-order valence-corrected chi connectivity index (χ0v) is 6.39. The first-order valence-electron chi connectivity index (χ1n) is 3.42. The van der Waals surface area contributed by atoms with E-state index in [2.05, 4.69) is 13.8 Å². The molecule has 0 fully saturated rings. The highest BCUT2D eigenvalue weighted by Gasteiger charge is 2.08. The number of ether oxygens (including phenoxy) is 1. The summed E-state index contributed by atoms with van der Waals surface area (Å²) in [5.74, 6) is 0.499. The maximum atomic E-state index is 9.94. The van der Waals surface area contributed by atoms with Gasteiger partial charge in [0.1, 0.15) is 0 Å². The highest BCUT2D eigenvalue weighted by Crippen LogP contribution is 2.09. The van der Waals surface area contributed by atoms with Gasteiger partial charge in [0.05, 0.1) is 6.10 Å². The van der Waals surface area contributed by atoms with E-state index in [9.17, 15) is 5.11 Å². The summed E-state index contributed by atoms with van der Waals surface area (Å²) in [7, 11) is 0. The summed E-state index contributed by atoms with van der Waals surface area (Å²) in [5.41, 5.74) is 0. The van der Waals surface area contributed by atoms with Gasteiger partial charge < -0.3 is 4.74 Å². The number of hydrogen-bond acceptors (Lipinski definition) is 1. The van der Waals surface area contributed by atoms with Crippen LogP contribution in [-0.4, -0.2) is 12.9 Å². The van der Waals surface area contributed by atoms with Crippen LogP contribution in [-0.2, 0) is 9.84 Å². The summed E-state index contributed by atoms with van der Waals surface area (Å²) in [4.78, 5) is 0. The lowest BCUT2D eigenvalue weighted by Crippen LogP contribution is -2.17. The Bertz CT molecular complexity index is 63.9. The topological polar surface area (TPSA) is 29.1 Å². The molecule has 55 valence electrons. The largest absolute Gasteiger partial charge is 0.349 e. The Hall–Kier alpha value is -0.0800. The molecule has 0 heterocycles. The molecular weight excluding hydrogens is 116 g/mol. The minimum atomic E-state index is -0.411. The molecule has 2 unspecified atom stereocenters. The minimum Gasteiger partial charge on any atom is -0.349 e. The van der Waals surface area contributed by atoms with Crippen molar-refractivity contribution in [2.45, 2.75) is 33.3 Å². The Morgan fingerprint density at radius 1 is 1.44 bits per heavy atom. The number of rotatable bonds is 4. The molecule has 0 amide bonds. The lowest BCUT2D eigenvalue weighted by molar-refractivity contribution is -0.0933.